The standard InChI is InChI=1S/C16H9ClF5N3/c17-8-14-15(9-4-11(18)7-12(19)5-9)25(24-23-14)13-3-1-2-10(6-13)16(20,21)22/h1-7H,8H2. The topological polar surface area (TPSA) is 30.7 Å². The molecule has 0 aliphatic carbocycles. The highest BCUT2D eigenvalue weighted by Crippen LogP contribution is 2.32. The Bertz CT molecular complexity index is 900. The average Bonchev–Trinajstić information content (AvgIpc) is 2.97. The largest absolute Gasteiger partial charge is 0.416 e. The smallest absolute Gasteiger partial charge is 0.213 e. The number of hydrogen-bond donors (Lipinski definition) is 0. The number of aromatic nitrogens is 3. The molecule has 0 aliphatic rings. The van der Waals surface area contributed by atoms with Gasteiger partial charge in [0.05, 0.1) is 22.8 Å². The number of benzene rings is 2. The van der Waals surface area contributed by atoms with Gasteiger partial charge in [0, 0.05) is 11.6 Å². The molecule has 0 spiro atoms. The van der Waals surface area contributed by atoms with E-state index in [0.29, 0.717) is 6.07 Å². The van der Waals surface area contributed by atoms with Crippen LogP contribution in [0, 0.1) is 11.6 Å². The highest BCUT2D eigenvalue weighted by molar-refractivity contribution is 6.17. The maximum atomic E-state index is 13.5. The molecule has 0 radical (unpaired) electrons. The third kappa shape index (κ3) is 3.48. The second-order valence-corrected chi connectivity index (χ2v) is 5.40. The van der Waals surface area contributed by atoms with Gasteiger partial charge < -0.3 is 0 Å². The lowest BCUT2D eigenvalue weighted by atomic mass is 10.1. The molecule has 9 heteroatoms. The molecule has 25 heavy (non-hydrogen) atoms. The second kappa shape index (κ2) is 6.44. The van der Waals surface area contributed by atoms with Gasteiger partial charge in [-0.3, -0.25) is 0 Å². The van der Waals surface area contributed by atoms with E-state index in [4.69, 9.17) is 11.6 Å². The molecule has 130 valence electrons. The molecule has 1 aromatic heterocycles. The first-order chi connectivity index (χ1) is 11.8. The SMILES string of the molecule is Fc1cc(F)cc(-c2c(CCl)nnn2-c2cccc(C(F)(F)F)c2)c1. The molecule has 0 saturated heterocycles. The van der Waals surface area contributed by atoms with E-state index in [1.165, 1.54) is 12.1 Å². The van der Waals surface area contributed by atoms with Crippen LogP contribution in [0.4, 0.5) is 22.0 Å². The molecule has 3 rings (SSSR count). The fourth-order valence-electron chi connectivity index (χ4n) is 2.38. The van der Waals surface area contributed by atoms with Crippen LogP contribution in [0.15, 0.2) is 42.5 Å². The number of halogens is 6. The summed E-state index contributed by atoms with van der Waals surface area (Å²) in [5.41, 5.74) is -0.477. The Morgan fingerprint density at radius 2 is 1.68 bits per heavy atom. The fourth-order valence-corrected chi connectivity index (χ4v) is 2.56. The highest BCUT2D eigenvalue weighted by Gasteiger charge is 2.31. The van der Waals surface area contributed by atoms with Crippen molar-refractivity contribution in [2.24, 2.45) is 0 Å². The Hall–Kier alpha value is -2.48. The Morgan fingerprint density at radius 3 is 2.28 bits per heavy atom. The monoisotopic (exact) mass is 373 g/mol. The minimum atomic E-state index is -4.54. The minimum absolute atomic E-state index is 0.0401. The van der Waals surface area contributed by atoms with Crippen LogP contribution in [0.1, 0.15) is 11.3 Å². The van der Waals surface area contributed by atoms with E-state index in [1.54, 1.807) is 0 Å². The van der Waals surface area contributed by atoms with Crippen molar-refractivity contribution in [1.29, 1.82) is 0 Å². The summed E-state index contributed by atoms with van der Waals surface area (Å²) < 4.78 is 66.9. The molecule has 3 nitrogen and oxygen atoms in total. The van der Waals surface area contributed by atoms with Crippen molar-refractivity contribution in [3.63, 3.8) is 0 Å². The molecule has 0 amide bonds. The lowest BCUT2D eigenvalue weighted by Gasteiger charge is -2.11. The quantitative estimate of drug-likeness (QED) is 0.479. The minimum Gasteiger partial charge on any atom is -0.213 e. The van der Waals surface area contributed by atoms with Gasteiger partial charge in [-0.15, -0.1) is 16.7 Å². The zero-order valence-electron chi connectivity index (χ0n) is 12.4. The number of alkyl halides is 4. The van der Waals surface area contributed by atoms with Crippen molar-refractivity contribution in [3.8, 4) is 16.9 Å². The number of nitrogens with zero attached hydrogens (tertiary/aromatic N) is 3. The van der Waals surface area contributed by atoms with Crippen LogP contribution in [-0.2, 0) is 12.1 Å². The Balaban J connectivity index is 2.21. The van der Waals surface area contributed by atoms with E-state index >= 15 is 0 Å². The first kappa shape index (κ1) is 17.3. The van der Waals surface area contributed by atoms with E-state index in [2.05, 4.69) is 10.3 Å². The van der Waals surface area contributed by atoms with E-state index in [-0.39, 0.29) is 28.5 Å². The van der Waals surface area contributed by atoms with E-state index in [0.717, 1.165) is 28.9 Å². The van der Waals surface area contributed by atoms with E-state index in [1.807, 2.05) is 0 Å². The molecule has 2 aromatic carbocycles. The van der Waals surface area contributed by atoms with Gasteiger partial charge in [0.15, 0.2) is 0 Å². The fraction of sp³-hybridized carbons (Fsp3) is 0.125. The Kier molecular flexibility index (Phi) is 4.47. The van der Waals surface area contributed by atoms with Crippen molar-refractivity contribution >= 4 is 11.6 Å². The van der Waals surface area contributed by atoms with Gasteiger partial charge in [-0.1, -0.05) is 11.3 Å². The highest BCUT2D eigenvalue weighted by atomic mass is 35.5. The van der Waals surface area contributed by atoms with E-state index in [9.17, 15) is 22.0 Å². The molecule has 0 N–H and O–H groups in total. The summed E-state index contributed by atoms with van der Waals surface area (Å²) in [6, 6.07) is 7.10. The summed E-state index contributed by atoms with van der Waals surface area (Å²) in [5.74, 6) is -1.81. The molecular formula is C16H9ClF5N3. The lowest BCUT2D eigenvalue weighted by Crippen LogP contribution is -2.07. The maximum absolute atomic E-state index is 13.5. The summed E-state index contributed by atoms with van der Waals surface area (Å²) >= 11 is 5.78. The van der Waals surface area contributed by atoms with Crippen LogP contribution >= 0.6 is 11.6 Å². The van der Waals surface area contributed by atoms with Crippen molar-refractivity contribution < 1.29 is 22.0 Å². The molecule has 0 aliphatic heterocycles. The van der Waals surface area contributed by atoms with Gasteiger partial charge in [-0.25, -0.2) is 13.5 Å². The molecule has 1 heterocycles. The third-order valence-corrected chi connectivity index (χ3v) is 3.67. The predicted octanol–water partition coefficient (Wildman–Crippen LogP) is 4.97. The van der Waals surface area contributed by atoms with Gasteiger partial charge in [0.25, 0.3) is 0 Å². The Morgan fingerprint density at radius 1 is 1.00 bits per heavy atom. The first-order valence-corrected chi connectivity index (χ1v) is 7.47. The van der Waals surface area contributed by atoms with Crippen molar-refractivity contribution in [2.45, 2.75) is 12.1 Å². The zero-order chi connectivity index (χ0) is 18.2. The summed E-state index contributed by atoms with van der Waals surface area (Å²) in [6.07, 6.45) is -4.54. The molecule has 0 atom stereocenters. The van der Waals surface area contributed by atoms with Gasteiger partial charge in [-0.2, -0.15) is 13.2 Å². The normalized spacial score (nSPS) is 11.8. The van der Waals surface area contributed by atoms with Gasteiger partial charge in [-0.05, 0) is 30.3 Å². The van der Waals surface area contributed by atoms with Gasteiger partial charge in [0.1, 0.15) is 17.3 Å². The molecule has 3 aromatic rings. The lowest BCUT2D eigenvalue weighted by molar-refractivity contribution is -0.137. The molecule has 0 saturated carbocycles. The summed E-state index contributed by atoms with van der Waals surface area (Å²) in [5, 5.41) is 7.58. The van der Waals surface area contributed by atoms with Gasteiger partial charge in [0.2, 0.25) is 0 Å². The Labute approximate surface area is 143 Å². The molecular weight excluding hydrogens is 365 g/mol. The van der Waals surface area contributed by atoms with Crippen molar-refractivity contribution in [2.75, 3.05) is 0 Å². The molecule has 0 bridgehead atoms. The van der Waals surface area contributed by atoms with Crippen molar-refractivity contribution in [3.05, 3.63) is 65.4 Å². The second-order valence-electron chi connectivity index (χ2n) is 5.14. The average molecular weight is 374 g/mol. The zero-order valence-corrected chi connectivity index (χ0v) is 13.1. The number of hydrogen-bond acceptors (Lipinski definition) is 2. The summed E-state index contributed by atoms with van der Waals surface area (Å²) in [4.78, 5) is 0. The predicted molar refractivity (Wildman–Crippen MR) is 81.3 cm³/mol. The van der Waals surface area contributed by atoms with Crippen LogP contribution in [0.3, 0.4) is 0 Å². The number of rotatable bonds is 3. The first-order valence-electron chi connectivity index (χ1n) is 6.94. The van der Waals surface area contributed by atoms with Gasteiger partial charge >= 0.3 is 6.18 Å². The third-order valence-electron chi connectivity index (χ3n) is 3.42. The van der Waals surface area contributed by atoms with Crippen LogP contribution in [0.5, 0.6) is 0 Å². The van der Waals surface area contributed by atoms with Crippen LogP contribution in [0.25, 0.3) is 16.9 Å². The summed E-state index contributed by atoms with van der Waals surface area (Å²) in [6.45, 7) is 0. The molecule has 0 fully saturated rings. The molecule has 0 unspecified atom stereocenters. The van der Waals surface area contributed by atoms with Crippen molar-refractivity contribution in [1.82, 2.24) is 15.0 Å². The van der Waals surface area contributed by atoms with Crippen LogP contribution < -0.4 is 0 Å². The maximum Gasteiger partial charge on any atom is 0.416 e. The van der Waals surface area contributed by atoms with E-state index < -0.39 is 23.4 Å². The van der Waals surface area contributed by atoms with Crippen LogP contribution in [-0.4, -0.2) is 15.0 Å². The van der Waals surface area contributed by atoms with Crippen LogP contribution in [0.2, 0.25) is 0 Å². The summed E-state index contributed by atoms with van der Waals surface area (Å²) in [7, 11) is 0.